The molecule has 0 saturated carbocycles. The number of oxime groups is 1. The fourth-order valence-electron chi connectivity index (χ4n) is 1.34. The number of nitrogens with two attached hydrogens (primary N) is 1. The summed E-state index contributed by atoms with van der Waals surface area (Å²) in [5, 5.41) is 13.4. The number of rotatable bonds is 3. The molecule has 0 bridgehead atoms. The first-order valence-corrected chi connectivity index (χ1v) is 7.57. The van der Waals surface area contributed by atoms with Gasteiger partial charge in [0, 0.05) is 16.6 Å². The van der Waals surface area contributed by atoms with Crippen molar-refractivity contribution >= 4 is 44.9 Å². The summed E-state index contributed by atoms with van der Waals surface area (Å²) >= 11 is 5.81. The van der Waals surface area contributed by atoms with E-state index in [0.29, 0.717) is 10.5 Å². The molecule has 0 fully saturated rings. The molecule has 2 rings (SSSR count). The number of aromatic nitrogens is 1. The van der Waals surface area contributed by atoms with Crippen LogP contribution >= 0.6 is 39.0 Å². The van der Waals surface area contributed by atoms with Crippen LogP contribution in [0.1, 0.15) is 11.3 Å². The second kappa shape index (κ2) is 5.89. The molecule has 4 nitrogen and oxygen atoms in total. The highest BCUT2D eigenvalue weighted by molar-refractivity contribution is 9.10. The molecule has 0 saturated heterocycles. The third-order valence-corrected chi connectivity index (χ3v) is 5.09. The highest BCUT2D eigenvalue weighted by atomic mass is 79.9. The van der Waals surface area contributed by atoms with Gasteiger partial charge in [0.05, 0.1) is 9.37 Å². The number of aryl methyl sites for hydroxylation is 1. The van der Waals surface area contributed by atoms with Gasteiger partial charge in [-0.05, 0) is 35.0 Å². The molecular formula is C11H9BrFN3OS2. The van der Waals surface area contributed by atoms with Crippen molar-refractivity contribution in [2.45, 2.75) is 16.2 Å². The van der Waals surface area contributed by atoms with Gasteiger partial charge < -0.3 is 10.9 Å². The van der Waals surface area contributed by atoms with Gasteiger partial charge in [0.2, 0.25) is 0 Å². The van der Waals surface area contributed by atoms with Crippen molar-refractivity contribution in [3.05, 3.63) is 39.1 Å². The van der Waals surface area contributed by atoms with Crippen molar-refractivity contribution < 1.29 is 9.60 Å². The Labute approximate surface area is 125 Å². The van der Waals surface area contributed by atoms with Crippen molar-refractivity contribution in [2.24, 2.45) is 10.9 Å². The summed E-state index contributed by atoms with van der Waals surface area (Å²) in [5.41, 5.74) is 6.66. The van der Waals surface area contributed by atoms with Crippen LogP contribution in [0, 0.1) is 12.7 Å². The molecule has 3 N–H and O–H groups in total. The first-order valence-electron chi connectivity index (χ1n) is 5.08. The molecule has 1 heterocycles. The molecule has 0 unspecified atom stereocenters. The van der Waals surface area contributed by atoms with E-state index in [1.807, 2.05) is 12.3 Å². The van der Waals surface area contributed by atoms with E-state index in [0.717, 1.165) is 10.0 Å². The molecule has 1 aromatic carbocycles. The molecule has 2 aromatic rings. The highest BCUT2D eigenvalue weighted by Gasteiger charge is 2.15. The van der Waals surface area contributed by atoms with E-state index in [2.05, 4.69) is 26.1 Å². The van der Waals surface area contributed by atoms with Gasteiger partial charge in [-0.1, -0.05) is 16.9 Å². The van der Waals surface area contributed by atoms with Crippen molar-refractivity contribution in [1.82, 2.24) is 4.98 Å². The second-order valence-electron chi connectivity index (χ2n) is 3.58. The maximum atomic E-state index is 14.2. The van der Waals surface area contributed by atoms with E-state index in [1.54, 1.807) is 12.1 Å². The van der Waals surface area contributed by atoms with E-state index in [-0.39, 0.29) is 10.3 Å². The summed E-state index contributed by atoms with van der Waals surface area (Å²) in [4.78, 5) is 4.69. The van der Waals surface area contributed by atoms with Crippen molar-refractivity contribution in [2.75, 3.05) is 0 Å². The van der Waals surface area contributed by atoms with Crippen molar-refractivity contribution in [3.63, 3.8) is 0 Å². The second-order valence-corrected chi connectivity index (χ2v) is 6.52. The van der Waals surface area contributed by atoms with E-state index >= 15 is 0 Å². The fraction of sp³-hybridized carbons (Fsp3) is 0.0909. The SMILES string of the molecule is Cc1csc(Sc2ccc(/C(N)=N/O)c(Br)c2F)n1. The van der Waals surface area contributed by atoms with Gasteiger partial charge in [0.1, 0.15) is 0 Å². The Morgan fingerprint density at radius 3 is 2.89 bits per heavy atom. The van der Waals surface area contributed by atoms with Crippen LogP contribution in [-0.2, 0) is 0 Å². The van der Waals surface area contributed by atoms with Crippen molar-refractivity contribution in [3.8, 4) is 0 Å². The summed E-state index contributed by atoms with van der Waals surface area (Å²) in [6, 6.07) is 3.17. The minimum Gasteiger partial charge on any atom is -0.409 e. The predicted octanol–water partition coefficient (Wildman–Crippen LogP) is 3.60. The first-order chi connectivity index (χ1) is 9.02. The number of hydrogen-bond donors (Lipinski definition) is 2. The molecule has 8 heteroatoms. The number of nitrogens with zero attached hydrogens (tertiary/aromatic N) is 2. The van der Waals surface area contributed by atoms with Crippen LogP contribution in [0.3, 0.4) is 0 Å². The van der Waals surface area contributed by atoms with Gasteiger partial charge in [-0.3, -0.25) is 0 Å². The van der Waals surface area contributed by atoms with Gasteiger partial charge in [-0.2, -0.15) is 0 Å². The van der Waals surface area contributed by atoms with Gasteiger partial charge in [0.25, 0.3) is 0 Å². The van der Waals surface area contributed by atoms with Gasteiger partial charge in [-0.15, -0.1) is 11.3 Å². The topological polar surface area (TPSA) is 71.5 Å². The monoisotopic (exact) mass is 361 g/mol. The Bertz CT molecular complexity index is 645. The number of halogens is 2. The summed E-state index contributed by atoms with van der Waals surface area (Å²) in [5.74, 6) is -0.602. The Hall–Kier alpha value is -1.12. The summed E-state index contributed by atoms with van der Waals surface area (Å²) in [6.07, 6.45) is 0. The van der Waals surface area contributed by atoms with Gasteiger partial charge >= 0.3 is 0 Å². The number of benzene rings is 1. The Balaban J connectivity index is 2.36. The maximum absolute atomic E-state index is 14.2. The van der Waals surface area contributed by atoms with E-state index in [9.17, 15) is 4.39 Å². The standard InChI is InChI=1S/C11H9BrFN3OS2/c1-5-4-18-11(15-5)19-7-3-2-6(10(14)16-17)8(12)9(7)13/h2-4,17H,1H3,(H2,14,16). The van der Waals surface area contributed by atoms with E-state index < -0.39 is 5.82 Å². The Morgan fingerprint density at radius 2 is 2.32 bits per heavy atom. The molecule has 19 heavy (non-hydrogen) atoms. The fourth-order valence-corrected chi connectivity index (χ4v) is 3.85. The molecule has 0 amide bonds. The van der Waals surface area contributed by atoms with Crippen LogP contribution in [-0.4, -0.2) is 16.0 Å². The van der Waals surface area contributed by atoms with Gasteiger partial charge in [-0.25, -0.2) is 9.37 Å². The largest absolute Gasteiger partial charge is 0.409 e. The number of hydrogen-bond acceptors (Lipinski definition) is 5. The average Bonchev–Trinajstić information content (AvgIpc) is 2.80. The lowest BCUT2D eigenvalue weighted by atomic mass is 10.2. The third-order valence-electron chi connectivity index (χ3n) is 2.23. The molecule has 0 atom stereocenters. The molecular weight excluding hydrogens is 353 g/mol. The lowest BCUT2D eigenvalue weighted by Gasteiger charge is -2.07. The first kappa shape index (κ1) is 14.3. The van der Waals surface area contributed by atoms with Crippen LogP contribution in [0.25, 0.3) is 0 Å². The average molecular weight is 362 g/mol. The predicted molar refractivity (Wildman–Crippen MR) is 77.6 cm³/mol. The molecule has 1 aromatic heterocycles. The maximum Gasteiger partial charge on any atom is 0.171 e. The van der Waals surface area contributed by atoms with E-state index in [4.69, 9.17) is 10.9 Å². The Kier molecular flexibility index (Phi) is 4.43. The van der Waals surface area contributed by atoms with Crippen LogP contribution in [0.5, 0.6) is 0 Å². The minimum absolute atomic E-state index is 0.146. The minimum atomic E-state index is -0.457. The molecule has 0 aliphatic carbocycles. The molecule has 100 valence electrons. The van der Waals surface area contributed by atoms with Crippen LogP contribution in [0.2, 0.25) is 0 Å². The quantitative estimate of drug-likeness (QED) is 0.379. The Morgan fingerprint density at radius 1 is 1.58 bits per heavy atom. The summed E-state index contributed by atoms with van der Waals surface area (Å²) in [6.45, 7) is 1.88. The van der Waals surface area contributed by atoms with Crippen LogP contribution < -0.4 is 5.73 Å². The zero-order valence-electron chi connectivity index (χ0n) is 9.72. The number of amidine groups is 1. The number of thiazole rings is 1. The molecule has 0 spiro atoms. The zero-order chi connectivity index (χ0) is 14.0. The van der Waals surface area contributed by atoms with Crippen molar-refractivity contribution in [1.29, 1.82) is 0 Å². The summed E-state index contributed by atoms with van der Waals surface area (Å²) < 4.78 is 15.1. The third kappa shape index (κ3) is 3.07. The van der Waals surface area contributed by atoms with E-state index in [1.165, 1.54) is 23.1 Å². The smallest absolute Gasteiger partial charge is 0.171 e. The lowest BCUT2D eigenvalue weighted by molar-refractivity contribution is 0.318. The molecule has 0 radical (unpaired) electrons. The zero-order valence-corrected chi connectivity index (χ0v) is 12.9. The lowest BCUT2D eigenvalue weighted by Crippen LogP contribution is -2.14. The molecule has 0 aliphatic heterocycles. The summed E-state index contributed by atoms with van der Waals surface area (Å²) in [7, 11) is 0. The van der Waals surface area contributed by atoms with Crippen LogP contribution in [0.4, 0.5) is 4.39 Å². The van der Waals surface area contributed by atoms with Crippen LogP contribution in [0.15, 0.2) is 36.4 Å². The normalized spacial score (nSPS) is 11.8. The van der Waals surface area contributed by atoms with Gasteiger partial charge in [0.15, 0.2) is 16.0 Å². The molecule has 0 aliphatic rings. The highest BCUT2D eigenvalue weighted by Crippen LogP contribution is 2.35.